The molecule has 2 fully saturated rings. The molecule has 2 aliphatic rings. The molecule has 0 aromatic carbocycles. The van der Waals surface area contributed by atoms with E-state index in [1.165, 1.54) is 6.20 Å². The number of piperazine rings is 1. The zero-order valence-corrected chi connectivity index (χ0v) is 12.9. The van der Waals surface area contributed by atoms with Gasteiger partial charge >= 0.3 is 0 Å². The fourth-order valence-electron chi connectivity index (χ4n) is 2.84. The zero-order chi connectivity index (χ0) is 15.5. The molecule has 3 heterocycles. The first-order chi connectivity index (χ1) is 10.7. The Morgan fingerprint density at radius 3 is 2.77 bits per heavy atom. The van der Waals surface area contributed by atoms with Crippen molar-refractivity contribution in [2.45, 2.75) is 18.9 Å². The van der Waals surface area contributed by atoms with Gasteiger partial charge in [-0.25, -0.2) is 4.98 Å². The summed E-state index contributed by atoms with van der Waals surface area (Å²) in [4.78, 5) is 20.5. The van der Waals surface area contributed by atoms with E-state index >= 15 is 0 Å². The molecule has 1 unspecified atom stereocenters. The van der Waals surface area contributed by atoms with Crippen LogP contribution < -0.4 is 4.90 Å². The SMILES string of the molecule is N#Cc1cnc(N2CCN(C(=O)C3CCCO3)CC2)c(Cl)c1. The number of pyridine rings is 1. The lowest BCUT2D eigenvalue weighted by Gasteiger charge is -2.36. The third-order valence-corrected chi connectivity index (χ3v) is 4.33. The lowest BCUT2D eigenvalue weighted by molar-refractivity contribution is -0.141. The molecule has 0 N–H and O–H groups in total. The summed E-state index contributed by atoms with van der Waals surface area (Å²) in [6.07, 6.45) is 3.04. The van der Waals surface area contributed by atoms with Gasteiger partial charge in [0.2, 0.25) is 0 Å². The van der Waals surface area contributed by atoms with Gasteiger partial charge in [0.1, 0.15) is 18.0 Å². The van der Waals surface area contributed by atoms with Crippen molar-refractivity contribution in [3.63, 3.8) is 0 Å². The number of carbonyl (C=O) groups is 1. The summed E-state index contributed by atoms with van der Waals surface area (Å²) in [5.41, 5.74) is 0.445. The van der Waals surface area contributed by atoms with Crippen LogP contribution >= 0.6 is 11.6 Å². The number of ether oxygens (including phenoxy) is 1. The quantitative estimate of drug-likeness (QED) is 0.824. The molecule has 0 spiro atoms. The van der Waals surface area contributed by atoms with Crippen LogP contribution in [0.25, 0.3) is 0 Å². The summed E-state index contributed by atoms with van der Waals surface area (Å²) in [6, 6.07) is 3.64. The molecular weight excluding hydrogens is 304 g/mol. The van der Waals surface area contributed by atoms with E-state index in [1.54, 1.807) is 6.07 Å². The van der Waals surface area contributed by atoms with Crippen molar-refractivity contribution in [2.75, 3.05) is 37.7 Å². The van der Waals surface area contributed by atoms with Gasteiger partial charge in [0.05, 0.1) is 10.6 Å². The number of hydrogen-bond acceptors (Lipinski definition) is 5. The molecule has 7 heteroatoms. The molecule has 116 valence electrons. The highest BCUT2D eigenvalue weighted by atomic mass is 35.5. The molecule has 6 nitrogen and oxygen atoms in total. The van der Waals surface area contributed by atoms with Gasteiger partial charge in [-0.05, 0) is 18.9 Å². The van der Waals surface area contributed by atoms with Crippen LogP contribution in [0.1, 0.15) is 18.4 Å². The van der Waals surface area contributed by atoms with E-state index in [1.807, 2.05) is 15.9 Å². The average molecular weight is 321 g/mol. The normalized spacial score (nSPS) is 21.7. The third-order valence-electron chi connectivity index (χ3n) is 4.05. The number of hydrogen-bond donors (Lipinski definition) is 0. The zero-order valence-electron chi connectivity index (χ0n) is 12.2. The fourth-order valence-corrected chi connectivity index (χ4v) is 3.13. The Labute approximate surface area is 134 Å². The summed E-state index contributed by atoms with van der Waals surface area (Å²) >= 11 is 6.19. The Kier molecular flexibility index (Phi) is 4.46. The number of amides is 1. The Balaban J connectivity index is 1.62. The topological polar surface area (TPSA) is 69.5 Å². The lowest BCUT2D eigenvalue weighted by atomic mass is 10.2. The van der Waals surface area contributed by atoms with Gasteiger partial charge in [0.15, 0.2) is 0 Å². The van der Waals surface area contributed by atoms with Crippen LogP contribution in [-0.4, -0.2) is 54.7 Å². The lowest BCUT2D eigenvalue weighted by Crippen LogP contribution is -2.51. The standard InChI is InChI=1S/C15H17ClN4O2/c16-12-8-11(9-17)10-18-14(12)19-3-5-20(6-4-19)15(21)13-2-1-7-22-13/h8,10,13H,1-7H2. The second-order valence-corrected chi connectivity index (χ2v) is 5.86. The molecule has 1 amide bonds. The predicted molar refractivity (Wildman–Crippen MR) is 81.7 cm³/mol. The molecule has 1 aromatic rings. The number of nitriles is 1. The number of nitrogens with zero attached hydrogens (tertiary/aromatic N) is 4. The van der Waals surface area contributed by atoms with Gasteiger partial charge in [-0.2, -0.15) is 5.26 Å². The van der Waals surface area contributed by atoms with Crippen LogP contribution in [-0.2, 0) is 9.53 Å². The number of rotatable bonds is 2. The molecule has 2 saturated heterocycles. The van der Waals surface area contributed by atoms with Crippen molar-refractivity contribution in [1.82, 2.24) is 9.88 Å². The predicted octanol–water partition coefficient (Wildman–Crippen LogP) is 1.43. The van der Waals surface area contributed by atoms with Crippen LogP contribution in [0, 0.1) is 11.3 Å². The second-order valence-electron chi connectivity index (χ2n) is 5.46. The van der Waals surface area contributed by atoms with Gasteiger partial charge < -0.3 is 14.5 Å². The minimum Gasteiger partial charge on any atom is -0.368 e. The Morgan fingerprint density at radius 2 is 2.18 bits per heavy atom. The molecule has 3 rings (SSSR count). The van der Waals surface area contributed by atoms with E-state index in [0.29, 0.717) is 49.2 Å². The number of aromatic nitrogens is 1. The molecule has 0 saturated carbocycles. The Hall–Kier alpha value is -1.84. The van der Waals surface area contributed by atoms with Crippen molar-refractivity contribution >= 4 is 23.3 Å². The minimum atomic E-state index is -0.261. The monoisotopic (exact) mass is 320 g/mol. The van der Waals surface area contributed by atoms with E-state index < -0.39 is 0 Å². The summed E-state index contributed by atoms with van der Waals surface area (Å²) in [7, 11) is 0. The Bertz CT molecular complexity index is 602. The number of carbonyl (C=O) groups excluding carboxylic acids is 1. The van der Waals surface area contributed by atoms with E-state index in [9.17, 15) is 4.79 Å². The van der Waals surface area contributed by atoms with Crippen LogP contribution in [0.3, 0.4) is 0 Å². The largest absolute Gasteiger partial charge is 0.368 e. The van der Waals surface area contributed by atoms with Gasteiger partial charge in [0.25, 0.3) is 5.91 Å². The minimum absolute atomic E-state index is 0.0936. The van der Waals surface area contributed by atoms with Gasteiger partial charge in [-0.1, -0.05) is 11.6 Å². The molecule has 2 aliphatic heterocycles. The summed E-state index contributed by atoms with van der Waals surface area (Å²) in [5, 5.41) is 9.31. The summed E-state index contributed by atoms with van der Waals surface area (Å²) < 4.78 is 5.46. The Morgan fingerprint density at radius 1 is 1.41 bits per heavy atom. The maximum absolute atomic E-state index is 12.3. The third kappa shape index (κ3) is 3.01. The van der Waals surface area contributed by atoms with Gasteiger partial charge in [0, 0.05) is 39.0 Å². The first kappa shape index (κ1) is 15.1. The van der Waals surface area contributed by atoms with Crippen molar-refractivity contribution in [1.29, 1.82) is 5.26 Å². The fraction of sp³-hybridized carbons (Fsp3) is 0.533. The highest BCUT2D eigenvalue weighted by molar-refractivity contribution is 6.33. The van der Waals surface area contributed by atoms with Crippen molar-refractivity contribution in [2.24, 2.45) is 0 Å². The molecule has 0 radical (unpaired) electrons. The maximum Gasteiger partial charge on any atom is 0.251 e. The molecular formula is C15H17ClN4O2. The van der Waals surface area contributed by atoms with E-state index in [-0.39, 0.29) is 12.0 Å². The molecule has 0 bridgehead atoms. The number of halogens is 1. The highest BCUT2D eigenvalue weighted by Gasteiger charge is 2.30. The average Bonchev–Trinajstić information content (AvgIpc) is 3.08. The van der Waals surface area contributed by atoms with E-state index in [2.05, 4.69) is 4.98 Å². The first-order valence-corrected chi connectivity index (χ1v) is 7.78. The highest BCUT2D eigenvalue weighted by Crippen LogP contribution is 2.25. The van der Waals surface area contributed by atoms with Gasteiger partial charge in [-0.3, -0.25) is 4.79 Å². The molecule has 0 aliphatic carbocycles. The van der Waals surface area contributed by atoms with Crippen molar-refractivity contribution < 1.29 is 9.53 Å². The molecule has 22 heavy (non-hydrogen) atoms. The van der Waals surface area contributed by atoms with Gasteiger partial charge in [-0.15, -0.1) is 0 Å². The van der Waals surface area contributed by atoms with Crippen LogP contribution in [0.2, 0.25) is 5.02 Å². The van der Waals surface area contributed by atoms with Crippen LogP contribution in [0.4, 0.5) is 5.82 Å². The summed E-state index contributed by atoms with van der Waals surface area (Å²) in [6.45, 7) is 3.31. The van der Waals surface area contributed by atoms with Crippen molar-refractivity contribution in [3.05, 3.63) is 22.8 Å². The second kappa shape index (κ2) is 6.51. The maximum atomic E-state index is 12.3. The molecule has 1 aromatic heterocycles. The number of anilines is 1. The van der Waals surface area contributed by atoms with Crippen molar-refractivity contribution in [3.8, 4) is 6.07 Å². The first-order valence-electron chi connectivity index (χ1n) is 7.40. The van der Waals surface area contributed by atoms with E-state index in [0.717, 1.165) is 12.8 Å². The summed E-state index contributed by atoms with van der Waals surface area (Å²) in [5.74, 6) is 0.765. The van der Waals surface area contributed by atoms with Crippen LogP contribution in [0.5, 0.6) is 0 Å². The van der Waals surface area contributed by atoms with E-state index in [4.69, 9.17) is 21.6 Å². The van der Waals surface area contributed by atoms with Crippen LogP contribution in [0.15, 0.2) is 12.3 Å². The smallest absolute Gasteiger partial charge is 0.251 e. The molecule has 1 atom stereocenters.